The zero-order valence-corrected chi connectivity index (χ0v) is 17.9. The van der Waals surface area contributed by atoms with Crippen molar-refractivity contribution in [2.75, 3.05) is 19.8 Å². The third kappa shape index (κ3) is 5.41. The minimum atomic E-state index is 0.306. The second kappa shape index (κ2) is 10.1. The van der Waals surface area contributed by atoms with E-state index in [-0.39, 0.29) is 0 Å². The summed E-state index contributed by atoms with van der Waals surface area (Å²) in [5, 5.41) is 12.9. The molecule has 1 atom stereocenters. The van der Waals surface area contributed by atoms with Crippen molar-refractivity contribution in [1.29, 1.82) is 0 Å². The van der Waals surface area contributed by atoms with Crippen LogP contribution in [0.4, 0.5) is 0 Å². The summed E-state index contributed by atoms with van der Waals surface area (Å²) in [5.41, 5.74) is 4.44. The largest absolute Gasteiger partial charge is 0.477 e. The Balaban J connectivity index is 0.000000265. The first kappa shape index (κ1) is 20.9. The number of rotatable bonds is 5. The van der Waals surface area contributed by atoms with Crippen LogP contribution in [0.3, 0.4) is 0 Å². The maximum Gasteiger partial charge on any atom is 0.213 e. The van der Waals surface area contributed by atoms with E-state index in [0.29, 0.717) is 18.6 Å². The zero-order chi connectivity index (χ0) is 20.8. The van der Waals surface area contributed by atoms with Gasteiger partial charge in [-0.25, -0.2) is 4.98 Å². The SMILES string of the molecule is Cc1cc2cc(-c3cccc(OCC4CCCC4)n3)ccc2[nH]1.OCC1CCCN1. The number of aryl methyl sites for hydroxylation is 1. The van der Waals surface area contributed by atoms with Crippen LogP contribution in [0.25, 0.3) is 22.2 Å². The molecule has 1 aliphatic carbocycles. The lowest BCUT2D eigenvalue weighted by Gasteiger charge is -2.11. The van der Waals surface area contributed by atoms with Crippen LogP contribution in [0.5, 0.6) is 5.88 Å². The lowest BCUT2D eigenvalue weighted by molar-refractivity contribution is 0.244. The predicted molar refractivity (Wildman–Crippen MR) is 122 cm³/mol. The fraction of sp³-hybridized carbons (Fsp3) is 0.480. The van der Waals surface area contributed by atoms with E-state index in [0.717, 1.165) is 36.7 Å². The highest BCUT2D eigenvalue weighted by Gasteiger charge is 2.16. The van der Waals surface area contributed by atoms with Crippen molar-refractivity contribution >= 4 is 10.9 Å². The van der Waals surface area contributed by atoms with Crippen molar-refractivity contribution in [3.8, 4) is 17.1 Å². The van der Waals surface area contributed by atoms with Gasteiger partial charge in [-0.3, -0.25) is 0 Å². The number of hydrogen-bond acceptors (Lipinski definition) is 4. The summed E-state index contributed by atoms with van der Waals surface area (Å²) in [4.78, 5) is 8.04. The van der Waals surface area contributed by atoms with Gasteiger partial charge in [-0.1, -0.05) is 25.0 Å². The molecule has 1 saturated heterocycles. The number of aliphatic hydroxyl groups excluding tert-OH is 1. The second-order valence-corrected chi connectivity index (χ2v) is 8.55. The van der Waals surface area contributed by atoms with Crippen LogP contribution in [0.15, 0.2) is 42.5 Å². The Bertz CT molecular complexity index is 940. The van der Waals surface area contributed by atoms with E-state index in [2.05, 4.69) is 46.5 Å². The standard InChI is InChI=1S/C20H22N2O.C5H11NO/c1-14-11-17-12-16(9-10-19(17)21-14)18-7-4-8-20(22-18)23-13-15-5-2-3-6-15;7-4-5-2-1-3-6-5/h4,7-12,15,21H,2-3,5-6,13H2,1H3;5-7H,1-4H2. The Kier molecular flexibility index (Phi) is 7.03. The minimum absolute atomic E-state index is 0.306. The second-order valence-electron chi connectivity index (χ2n) is 8.55. The molecule has 1 aromatic carbocycles. The number of benzene rings is 1. The van der Waals surface area contributed by atoms with Gasteiger partial charge in [0.05, 0.1) is 18.9 Å². The molecule has 2 fully saturated rings. The van der Waals surface area contributed by atoms with E-state index >= 15 is 0 Å². The molecule has 160 valence electrons. The third-order valence-electron chi connectivity index (χ3n) is 6.10. The molecule has 0 amide bonds. The van der Waals surface area contributed by atoms with Crippen LogP contribution in [-0.4, -0.2) is 40.9 Å². The molecule has 2 aliphatic rings. The van der Waals surface area contributed by atoms with Crippen molar-refractivity contribution < 1.29 is 9.84 Å². The number of H-pyrrole nitrogens is 1. The zero-order valence-electron chi connectivity index (χ0n) is 17.9. The fourth-order valence-corrected chi connectivity index (χ4v) is 4.39. The fourth-order valence-electron chi connectivity index (χ4n) is 4.39. The van der Waals surface area contributed by atoms with Gasteiger partial charge in [-0.2, -0.15) is 0 Å². The summed E-state index contributed by atoms with van der Waals surface area (Å²) in [7, 11) is 0. The molecule has 1 saturated carbocycles. The summed E-state index contributed by atoms with van der Waals surface area (Å²) in [5.74, 6) is 1.44. The lowest BCUT2D eigenvalue weighted by Crippen LogP contribution is -2.24. The third-order valence-corrected chi connectivity index (χ3v) is 6.10. The molecule has 0 radical (unpaired) electrons. The number of nitrogens with zero attached hydrogens (tertiary/aromatic N) is 1. The van der Waals surface area contributed by atoms with Crippen LogP contribution in [0.1, 0.15) is 44.2 Å². The number of ether oxygens (including phenoxy) is 1. The van der Waals surface area contributed by atoms with Crippen LogP contribution in [0, 0.1) is 12.8 Å². The van der Waals surface area contributed by atoms with Gasteiger partial charge in [0, 0.05) is 34.3 Å². The maximum absolute atomic E-state index is 8.50. The number of nitrogens with one attached hydrogen (secondary N) is 2. The number of aromatic amines is 1. The van der Waals surface area contributed by atoms with Crippen LogP contribution >= 0.6 is 0 Å². The average Bonchev–Trinajstić information content (AvgIpc) is 3.53. The Morgan fingerprint density at radius 3 is 2.67 bits per heavy atom. The van der Waals surface area contributed by atoms with Gasteiger partial charge >= 0.3 is 0 Å². The van der Waals surface area contributed by atoms with Crippen molar-refractivity contribution in [2.24, 2.45) is 5.92 Å². The molecule has 0 bridgehead atoms. The van der Waals surface area contributed by atoms with Gasteiger partial charge in [-0.15, -0.1) is 0 Å². The number of fused-ring (bicyclic) bond motifs is 1. The summed E-state index contributed by atoms with van der Waals surface area (Å²) >= 11 is 0. The normalized spacial score (nSPS) is 19.1. The van der Waals surface area contributed by atoms with Gasteiger partial charge in [0.25, 0.3) is 0 Å². The van der Waals surface area contributed by atoms with Crippen LogP contribution in [-0.2, 0) is 0 Å². The highest BCUT2D eigenvalue weighted by Crippen LogP contribution is 2.27. The highest BCUT2D eigenvalue weighted by molar-refractivity contribution is 5.85. The van der Waals surface area contributed by atoms with Crippen molar-refractivity contribution in [2.45, 2.75) is 51.5 Å². The van der Waals surface area contributed by atoms with Gasteiger partial charge in [0.1, 0.15) is 0 Å². The van der Waals surface area contributed by atoms with E-state index in [9.17, 15) is 0 Å². The first-order valence-corrected chi connectivity index (χ1v) is 11.2. The highest BCUT2D eigenvalue weighted by atomic mass is 16.5. The maximum atomic E-state index is 8.50. The Hall–Kier alpha value is -2.37. The number of aliphatic hydroxyl groups is 1. The molecule has 5 rings (SSSR count). The Morgan fingerprint density at radius 1 is 1.07 bits per heavy atom. The average molecular weight is 408 g/mol. The summed E-state index contributed by atoms with van der Waals surface area (Å²) in [6.45, 7) is 4.27. The molecule has 1 unspecified atom stereocenters. The molecule has 3 aromatic rings. The van der Waals surface area contributed by atoms with E-state index in [1.807, 2.05) is 18.2 Å². The number of pyridine rings is 1. The van der Waals surface area contributed by atoms with Crippen molar-refractivity contribution in [3.05, 3.63) is 48.2 Å². The van der Waals surface area contributed by atoms with Crippen molar-refractivity contribution in [1.82, 2.24) is 15.3 Å². The van der Waals surface area contributed by atoms with Gasteiger partial charge < -0.3 is 20.1 Å². The minimum Gasteiger partial charge on any atom is -0.477 e. The van der Waals surface area contributed by atoms with Gasteiger partial charge in [0.15, 0.2) is 0 Å². The first-order chi connectivity index (χ1) is 14.7. The Morgan fingerprint density at radius 2 is 1.93 bits per heavy atom. The first-order valence-electron chi connectivity index (χ1n) is 11.2. The van der Waals surface area contributed by atoms with Crippen LogP contribution < -0.4 is 10.1 Å². The van der Waals surface area contributed by atoms with Crippen molar-refractivity contribution in [3.63, 3.8) is 0 Å². The van der Waals surface area contributed by atoms with E-state index < -0.39 is 0 Å². The van der Waals surface area contributed by atoms with Gasteiger partial charge in [-0.05, 0) is 69.3 Å². The molecule has 30 heavy (non-hydrogen) atoms. The Labute approximate surface area is 178 Å². The summed E-state index contributed by atoms with van der Waals surface area (Å²) in [6, 6.07) is 15.0. The molecule has 1 aliphatic heterocycles. The topological polar surface area (TPSA) is 70.2 Å². The molecule has 5 nitrogen and oxygen atoms in total. The van der Waals surface area contributed by atoms with Gasteiger partial charge in [0.2, 0.25) is 5.88 Å². The molecule has 0 spiro atoms. The van der Waals surface area contributed by atoms with E-state index in [1.165, 1.54) is 48.7 Å². The smallest absolute Gasteiger partial charge is 0.213 e. The molecular formula is C25H33N3O2. The lowest BCUT2D eigenvalue weighted by atomic mass is 10.1. The summed E-state index contributed by atoms with van der Waals surface area (Å²) in [6.07, 6.45) is 7.66. The van der Waals surface area contributed by atoms with E-state index in [4.69, 9.17) is 9.84 Å². The van der Waals surface area contributed by atoms with Crippen LogP contribution in [0.2, 0.25) is 0 Å². The number of aromatic nitrogens is 2. The predicted octanol–water partition coefficient (Wildman–Crippen LogP) is 4.84. The molecule has 5 heteroatoms. The summed E-state index contributed by atoms with van der Waals surface area (Å²) < 4.78 is 5.93. The quantitative estimate of drug-likeness (QED) is 0.566. The molecule has 3 N–H and O–H groups in total. The molecular weight excluding hydrogens is 374 g/mol. The molecule has 3 heterocycles. The number of hydrogen-bond donors (Lipinski definition) is 3. The van der Waals surface area contributed by atoms with E-state index in [1.54, 1.807) is 0 Å². The molecule has 2 aromatic heterocycles. The monoisotopic (exact) mass is 407 g/mol.